The molecule has 0 atom stereocenters. The summed E-state index contributed by atoms with van der Waals surface area (Å²) in [5.74, 6) is 0. The molecule has 0 fully saturated rings. The number of nitrogens with zero attached hydrogens (tertiary/aromatic N) is 1. The minimum absolute atomic E-state index is 0.630. The fourth-order valence-electron chi connectivity index (χ4n) is 1.82. The van der Waals surface area contributed by atoms with Gasteiger partial charge in [-0.1, -0.05) is 46.8 Å². The zero-order valence-corrected chi connectivity index (χ0v) is 16.6. The van der Waals surface area contributed by atoms with Crippen LogP contribution < -0.4 is 16.0 Å². The maximum absolute atomic E-state index is 10.8. The molecule has 0 heterocycles. The van der Waals surface area contributed by atoms with Gasteiger partial charge in [0.1, 0.15) is 6.29 Å². The molecule has 1 rings (SSSR count). The quantitative estimate of drug-likeness (QED) is 0.780. The Kier molecular flexibility index (Phi) is 23.8. The summed E-state index contributed by atoms with van der Waals surface area (Å²) in [5.41, 5.74) is 8.64. The SMILES string of the molecule is CC.CC.CCCN(CCN)c1cc(C=O)ccc1C.CNC. The lowest BCUT2D eigenvalue weighted by Gasteiger charge is -2.25. The van der Waals surface area contributed by atoms with Gasteiger partial charge in [-0.3, -0.25) is 4.79 Å². The molecule has 0 aromatic heterocycles. The van der Waals surface area contributed by atoms with Crippen LogP contribution in [0.15, 0.2) is 18.2 Å². The van der Waals surface area contributed by atoms with Crippen molar-refractivity contribution in [2.75, 3.05) is 38.6 Å². The largest absolute Gasteiger partial charge is 0.370 e. The summed E-state index contributed by atoms with van der Waals surface area (Å²) in [6.45, 7) is 14.6. The van der Waals surface area contributed by atoms with Crippen molar-refractivity contribution < 1.29 is 4.79 Å². The van der Waals surface area contributed by atoms with Crippen molar-refractivity contribution in [3.63, 3.8) is 0 Å². The van der Waals surface area contributed by atoms with E-state index in [1.54, 1.807) is 0 Å². The number of anilines is 1. The van der Waals surface area contributed by atoms with Gasteiger partial charge in [-0.25, -0.2) is 0 Å². The third-order valence-corrected chi connectivity index (χ3v) is 2.60. The summed E-state index contributed by atoms with van der Waals surface area (Å²) in [7, 11) is 3.75. The predicted molar refractivity (Wildman–Crippen MR) is 106 cm³/mol. The van der Waals surface area contributed by atoms with E-state index in [4.69, 9.17) is 5.73 Å². The number of nitrogens with one attached hydrogen (secondary N) is 1. The van der Waals surface area contributed by atoms with Crippen LogP contribution in [0.3, 0.4) is 0 Å². The molecule has 0 bridgehead atoms. The molecular formula is C19H39N3O. The molecule has 1 aromatic rings. The number of aryl methyl sites for hydroxylation is 1. The Balaban J connectivity index is -0.000000496. The molecule has 23 heavy (non-hydrogen) atoms. The molecule has 0 unspecified atom stereocenters. The van der Waals surface area contributed by atoms with Crippen LogP contribution in [0.5, 0.6) is 0 Å². The number of carbonyl (C=O) groups is 1. The molecule has 0 saturated heterocycles. The first-order chi connectivity index (χ1) is 11.1. The van der Waals surface area contributed by atoms with Gasteiger partial charge < -0.3 is 16.0 Å². The summed E-state index contributed by atoms with van der Waals surface area (Å²) in [5, 5.41) is 2.75. The summed E-state index contributed by atoms with van der Waals surface area (Å²) in [6, 6.07) is 5.77. The first-order valence-electron chi connectivity index (χ1n) is 8.73. The van der Waals surface area contributed by atoms with E-state index < -0.39 is 0 Å². The van der Waals surface area contributed by atoms with Crippen molar-refractivity contribution in [2.45, 2.75) is 48.0 Å². The number of benzene rings is 1. The molecule has 0 aliphatic carbocycles. The Bertz CT molecular complexity index is 362. The average molecular weight is 326 g/mol. The van der Waals surface area contributed by atoms with Crippen LogP contribution in [0.4, 0.5) is 5.69 Å². The molecule has 0 saturated carbocycles. The summed E-state index contributed by atoms with van der Waals surface area (Å²) >= 11 is 0. The van der Waals surface area contributed by atoms with Crippen molar-refractivity contribution in [1.82, 2.24) is 5.32 Å². The lowest BCUT2D eigenvalue weighted by atomic mass is 10.1. The van der Waals surface area contributed by atoms with E-state index in [9.17, 15) is 4.79 Å². The molecule has 136 valence electrons. The molecule has 0 spiro atoms. The van der Waals surface area contributed by atoms with Crippen LogP contribution in [-0.4, -0.2) is 40.0 Å². The molecule has 1 aromatic carbocycles. The highest BCUT2D eigenvalue weighted by Crippen LogP contribution is 2.21. The molecular weight excluding hydrogens is 286 g/mol. The van der Waals surface area contributed by atoms with Gasteiger partial charge in [0.2, 0.25) is 0 Å². The fraction of sp³-hybridized carbons (Fsp3) is 0.632. The zero-order chi connectivity index (χ0) is 18.7. The Morgan fingerprint density at radius 2 is 1.65 bits per heavy atom. The normalized spacial score (nSPS) is 8.39. The van der Waals surface area contributed by atoms with Gasteiger partial charge in [0, 0.05) is 30.9 Å². The van der Waals surface area contributed by atoms with Crippen LogP contribution in [0, 0.1) is 6.92 Å². The Morgan fingerprint density at radius 1 is 1.13 bits per heavy atom. The summed E-state index contributed by atoms with van der Waals surface area (Å²) in [4.78, 5) is 13.0. The minimum atomic E-state index is 0.630. The Labute approximate surface area is 144 Å². The van der Waals surface area contributed by atoms with E-state index in [0.717, 1.165) is 37.0 Å². The molecule has 3 N–H and O–H groups in total. The van der Waals surface area contributed by atoms with E-state index in [-0.39, 0.29) is 0 Å². The van der Waals surface area contributed by atoms with Gasteiger partial charge in [0.05, 0.1) is 0 Å². The second-order valence-electron chi connectivity index (χ2n) is 4.44. The number of hydrogen-bond acceptors (Lipinski definition) is 4. The monoisotopic (exact) mass is 325 g/mol. The van der Waals surface area contributed by atoms with Crippen LogP contribution in [0.1, 0.15) is 57.0 Å². The second-order valence-corrected chi connectivity index (χ2v) is 4.44. The number of rotatable bonds is 6. The van der Waals surface area contributed by atoms with E-state index >= 15 is 0 Å². The minimum Gasteiger partial charge on any atom is -0.370 e. The van der Waals surface area contributed by atoms with Crippen molar-refractivity contribution in [2.24, 2.45) is 5.73 Å². The van der Waals surface area contributed by atoms with Crippen molar-refractivity contribution in [1.29, 1.82) is 0 Å². The van der Waals surface area contributed by atoms with E-state index in [2.05, 4.69) is 24.1 Å². The van der Waals surface area contributed by atoms with Gasteiger partial charge in [0.15, 0.2) is 0 Å². The third-order valence-electron chi connectivity index (χ3n) is 2.60. The summed E-state index contributed by atoms with van der Waals surface area (Å²) in [6.07, 6.45) is 1.96. The molecule has 0 aliphatic heterocycles. The maximum atomic E-state index is 10.8. The molecule has 0 radical (unpaired) electrons. The van der Waals surface area contributed by atoms with Crippen molar-refractivity contribution >= 4 is 12.0 Å². The predicted octanol–water partition coefficient (Wildman–Crippen LogP) is 3.87. The van der Waals surface area contributed by atoms with Gasteiger partial charge in [0.25, 0.3) is 0 Å². The Morgan fingerprint density at radius 3 is 2.04 bits per heavy atom. The maximum Gasteiger partial charge on any atom is 0.150 e. The topological polar surface area (TPSA) is 58.4 Å². The zero-order valence-electron chi connectivity index (χ0n) is 16.6. The highest BCUT2D eigenvalue weighted by Gasteiger charge is 2.08. The van der Waals surface area contributed by atoms with Crippen LogP contribution in [0.25, 0.3) is 0 Å². The number of hydrogen-bond donors (Lipinski definition) is 2. The lowest BCUT2D eigenvalue weighted by Crippen LogP contribution is -2.30. The number of aldehydes is 1. The van der Waals surface area contributed by atoms with E-state index in [0.29, 0.717) is 6.54 Å². The van der Waals surface area contributed by atoms with Gasteiger partial charge in [-0.05, 0) is 39.1 Å². The van der Waals surface area contributed by atoms with Gasteiger partial charge in [-0.15, -0.1) is 0 Å². The van der Waals surface area contributed by atoms with Crippen LogP contribution in [0.2, 0.25) is 0 Å². The Hall–Kier alpha value is -1.39. The number of nitrogens with two attached hydrogens (primary N) is 1. The summed E-state index contributed by atoms with van der Waals surface area (Å²) < 4.78 is 0. The second kappa shape index (κ2) is 20.6. The highest BCUT2D eigenvalue weighted by atomic mass is 16.1. The lowest BCUT2D eigenvalue weighted by molar-refractivity contribution is 0.112. The highest BCUT2D eigenvalue weighted by molar-refractivity contribution is 5.78. The van der Waals surface area contributed by atoms with Gasteiger partial charge in [-0.2, -0.15) is 0 Å². The molecule has 4 nitrogen and oxygen atoms in total. The number of carbonyl (C=O) groups excluding carboxylic acids is 1. The third kappa shape index (κ3) is 12.8. The van der Waals surface area contributed by atoms with Gasteiger partial charge >= 0.3 is 0 Å². The van der Waals surface area contributed by atoms with Crippen LogP contribution >= 0.6 is 0 Å². The molecule has 4 heteroatoms. The van der Waals surface area contributed by atoms with E-state index in [1.165, 1.54) is 5.56 Å². The first-order valence-corrected chi connectivity index (χ1v) is 8.73. The van der Waals surface area contributed by atoms with Crippen molar-refractivity contribution in [3.05, 3.63) is 29.3 Å². The first kappa shape index (κ1) is 26.5. The fourth-order valence-corrected chi connectivity index (χ4v) is 1.82. The average Bonchev–Trinajstić information content (AvgIpc) is 2.59. The standard InChI is InChI=1S/C13H20N2O.C2H7N.2C2H6/c1-3-7-15(8-6-14)13-9-12(10-16)5-4-11(13)2;1-3-2;2*1-2/h4-5,9-10H,3,6-8,14H2,1-2H3;3H,1-2H3;2*1-2H3. The molecule has 0 aliphatic rings. The van der Waals surface area contributed by atoms with E-state index in [1.807, 2.05) is 60.0 Å². The van der Waals surface area contributed by atoms with Crippen molar-refractivity contribution in [3.8, 4) is 0 Å². The smallest absolute Gasteiger partial charge is 0.150 e. The van der Waals surface area contributed by atoms with Crippen LogP contribution in [-0.2, 0) is 0 Å². The molecule has 0 amide bonds.